The highest BCUT2D eigenvalue weighted by molar-refractivity contribution is 8.00. The van der Waals surface area contributed by atoms with Crippen LogP contribution in [0.1, 0.15) is 13.8 Å². The Bertz CT molecular complexity index is 74.6. The SMILES string of the molecule is CC1CSC(C)C1F. The molecule has 0 N–H and O–H groups in total. The largest absolute Gasteiger partial charge is 0.246 e. The van der Waals surface area contributed by atoms with Gasteiger partial charge in [0.15, 0.2) is 0 Å². The van der Waals surface area contributed by atoms with Gasteiger partial charge in [-0.25, -0.2) is 4.39 Å². The van der Waals surface area contributed by atoms with Gasteiger partial charge in [-0.3, -0.25) is 0 Å². The first-order valence-corrected chi connectivity index (χ1v) is 4.02. The lowest BCUT2D eigenvalue weighted by molar-refractivity contribution is 0.272. The van der Waals surface area contributed by atoms with Gasteiger partial charge in [0, 0.05) is 5.25 Å². The maximum Gasteiger partial charge on any atom is 0.115 e. The van der Waals surface area contributed by atoms with Crippen LogP contribution in [-0.4, -0.2) is 17.2 Å². The molecule has 0 spiro atoms. The highest BCUT2D eigenvalue weighted by Gasteiger charge is 2.30. The zero-order chi connectivity index (χ0) is 6.15. The van der Waals surface area contributed by atoms with Crippen LogP contribution >= 0.6 is 11.8 Å². The van der Waals surface area contributed by atoms with Gasteiger partial charge in [0.25, 0.3) is 0 Å². The molecular formula is C6H11FS. The fraction of sp³-hybridized carbons (Fsp3) is 1.00. The molecule has 0 nitrogen and oxygen atoms in total. The number of halogens is 1. The Labute approximate surface area is 53.8 Å². The molecule has 0 amide bonds. The first-order valence-electron chi connectivity index (χ1n) is 2.97. The number of rotatable bonds is 0. The Morgan fingerprint density at radius 1 is 1.50 bits per heavy atom. The van der Waals surface area contributed by atoms with Gasteiger partial charge < -0.3 is 0 Å². The Kier molecular flexibility index (Phi) is 1.81. The van der Waals surface area contributed by atoms with Crippen molar-refractivity contribution in [3.63, 3.8) is 0 Å². The smallest absolute Gasteiger partial charge is 0.115 e. The number of thioether (sulfide) groups is 1. The van der Waals surface area contributed by atoms with Crippen LogP contribution in [0.15, 0.2) is 0 Å². The summed E-state index contributed by atoms with van der Waals surface area (Å²) in [4.78, 5) is 0. The summed E-state index contributed by atoms with van der Waals surface area (Å²) in [6, 6.07) is 0. The van der Waals surface area contributed by atoms with E-state index < -0.39 is 6.17 Å². The van der Waals surface area contributed by atoms with Crippen molar-refractivity contribution in [3.05, 3.63) is 0 Å². The summed E-state index contributed by atoms with van der Waals surface area (Å²) in [7, 11) is 0. The van der Waals surface area contributed by atoms with Crippen LogP contribution in [0.3, 0.4) is 0 Å². The molecule has 1 heterocycles. The minimum Gasteiger partial charge on any atom is -0.246 e. The lowest BCUT2D eigenvalue weighted by atomic mass is 10.1. The monoisotopic (exact) mass is 134 g/mol. The number of alkyl halides is 1. The van der Waals surface area contributed by atoms with E-state index in [4.69, 9.17) is 0 Å². The van der Waals surface area contributed by atoms with E-state index >= 15 is 0 Å². The van der Waals surface area contributed by atoms with E-state index in [1.807, 2.05) is 13.8 Å². The molecule has 0 radical (unpaired) electrons. The van der Waals surface area contributed by atoms with Crippen molar-refractivity contribution in [1.82, 2.24) is 0 Å². The molecule has 0 saturated carbocycles. The Balaban J connectivity index is 2.44. The van der Waals surface area contributed by atoms with Crippen LogP contribution in [0.2, 0.25) is 0 Å². The van der Waals surface area contributed by atoms with Gasteiger partial charge in [-0.2, -0.15) is 11.8 Å². The maximum atomic E-state index is 12.7. The lowest BCUT2D eigenvalue weighted by Gasteiger charge is -2.06. The van der Waals surface area contributed by atoms with E-state index in [2.05, 4.69) is 0 Å². The zero-order valence-corrected chi connectivity index (χ0v) is 6.04. The third-order valence-corrected chi connectivity index (χ3v) is 3.12. The molecule has 1 fully saturated rings. The van der Waals surface area contributed by atoms with Gasteiger partial charge in [0.05, 0.1) is 0 Å². The van der Waals surface area contributed by atoms with Crippen molar-refractivity contribution in [2.75, 3.05) is 5.75 Å². The van der Waals surface area contributed by atoms with Crippen LogP contribution in [0.25, 0.3) is 0 Å². The molecular weight excluding hydrogens is 123 g/mol. The summed E-state index contributed by atoms with van der Waals surface area (Å²) in [5, 5.41) is 0.241. The second-order valence-corrected chi connectivity index (χ2v) is 3.87. The molecule has 1 saturated heterocycles. The van der Waals surface area contributed by atoms with Gasteiger partial charge in [-0.05, 0) is 11.7 Å². The van der Waals surface area contributed by atoms with Crippen molar-refractivity contribution in [3.8, 4) is 0 Å². The van der Waals surface area contributed by atoms with Gasteiger partial charge in [0.1, 0.15) is 6.17 Å². The Morgan fingerprint density at radius 2 is 2.12 bits per heavy atom. The van der Waals surface area contributed by atoms with Crippen molar-refractivity contribution in [1.29, 1.82) is 0 Å². The average molecular weight is 134 g/mol. The fourth-order valence-corrected chi connectivity index (χ4v) is 2.19. The molecule has 3 atom stereocenters. The van der Waals surface area contributed by atoms with Crippen LogP contribution in [0.5, 0.6) is 0 Å². The average Bonchev–Trinajstić information content (AvgIpc) is 1.98. The minimum absolute atomic E-state index is 0.241. The second kappa shape index (κ2) is 2.26. The van der Waals surface area contributed by atoms with E-state index in [0.717, 1.165) is 5.75 Å². The standard InChI is InChI=1S/C6H11FS/c1-4-3-8-5(2)6(4)7/h4-6H,3H2,1-2H3. The lowest BCUT2D eigenvalue weighted by Crippen LogP contribution is -2.14. The molecule has 1 rings (SSSR count). The van der Waals surface area contributed by atoms with E-state index in [0.29, 0.717) is 0 Å². The Morgan fingerprint density at radius 3 is 2.25 bits per heavy atom. The molecule has 0 aromatic rings. The van der Waals surface area contributed by atoms with Crippen molar-refractivity contribution in [2.24, 2.45) is 5.92 Å². The normalized spacial score (nSPS) is 47.6. The van der Waals surface area contributed by atoms with Gasteiger partial charge in [-0.15, -0.1) is 0 Å². The van der Waals surface area contributed by atoms with Crippen molar-refractivity contribution >= 4 is 11.8 Å². The predicted octanol–water partition coefficient (Wildman–Crippen LogP) is 2.10. The summed E-state index contributed by atoms with van der Waals surface area (Å²) < 4.78 is 12.7. The van der Waals surface area contributed by atoms with Crippen molar-refractivity contribution in [2.45, 2.75) is 25.3 Å². The Hall–Kier alpha value is 0.280. The summed E-state index contributed by atoms with van der Waals surface area (Å²) in [6.07, 6.45) is -0.556. The second-order valence-electron chi connectivity index (χ2n) is 2.46. The molecule has 1 aliphatic rings. The molecule has 1 aliphatic heterocycles. The van der Waals surface area contributed by atoms with E-state index in [1.54, 1.807) is 11.8 Å². The van der Waals surface area contributed by atoms with Gasteiger partial charge >= 0.3 is 0 Å². The third-order valence-electron chi connectivity index (χ3n) is 1.61. The maximum absolute atomic E-state index is 12.7. The number of hydrogen-bond donors (Lipinski definition) is 0. The topological polar surface area (TPSA) is 0 Å². The predicted molar refractivity (Wildman–Crippen MR) is 36.0 cm³/mol. The first-order chi connectivity index (χ1) is 3.72. The summed E-state index contributed by atoms with van der Waals surface area (Å²) >= 11 is 1.74. The van der Waals surface area contributed by atoms with Crippen LogP contribution in [-0.2, 0) is 0 Å². The van der Waals surface area contributed by atoms with Crippen molar-refractivity contribution < 1.29 is 4.39 Å². The zero-order valence-electron chi connectivity index (χ0n) is 5.23. The molecule has 3 unspecified atom stereocenters. The first kappa shape index (κ1) is 6.40. The molecule has 2 heteroatoms. The fourth-order valence-electron chi connectivity index (χ4n) is 0.950. The molecule has 0 aliphatic carbocycles. The van der Waals surface area contributed by atoms with Crippen LogP contribution in [0.4, 0.5) is 4.39 Å². The van der Waals surface area contributed by atoms with E-state index in [1.165, 1.54) is 0 Å². The van der Waals surface area contributed by atoms with Crippen LogP contribution in [0, 0.1) is 5.92 Å². The van der Waals surface area contributed by atoms with Gasteiger partial charge in [-0.1, -0.05) is 13.8 Å². The third kappa shape index (κ3) is 0.993. The highest BCUT2D eigenvalue weighted by atomic mass is 32.2. The van der Waals surface area contributed by atoms with E-state index in [-0.39, 0.29) is 11.2 Å². The molecule has 0 bridgehead atoms. The minimum atomic E-state index is -0.556. The van der Waals surface area contributed by atoms with E-state index in [9.17, 15) is 4.39 Å². The molecule has 48 valence electrons. The molecule has 8 heavy (non-hydrogen) atoms. The number of hydrogen-bond acceptors (Lipinski definition) is 1. The summed E-state index contributed by atoms with van der Waals surface area (Å²) in [6.45, 7) is 3.93. The molecule has 0 aromatic heterocycles. The van der Waals surface area contributed by atoms with Crippen LogP contribution < -0.4 is 0 Å². The molecule has 0 aromatic carbocycles. The quantitative estimate of drug-likeness (QED) is 0.489. The van der Waals surface area contributed by atoms with Gasteiger partial charge in [0.2, 0.25) is 0 Å². The summed E-state index contributed by atoms with van der Waals surface area (Å²) in [5.74, 6) is 1.29. The summed E-state index contributed by atoms with van der Waals surface area (Å²) in [5.41, 5.74) is 0. The highest BCUT2D eigenvalue weighted by Crippen LogP contribution is 2.32.